The molecule has 140 valence electrons. The predicted molar refractivity (Wildman–Crippen MR) is 104 cm³/mol. The van der Waals surface area contributed by atoms with Crippen molar-refractivity contribution in [2.75, 3.05) is 30.8 Å². The fraction of sp³-hybridized carbons (Fsp3) is 0.333. The van der Waals surface area contributed by atoms with Gasteiger partial charge in [-0.3, -0.25) is 9.78 Å². The zero-order valence-electron chi connectivity index (χ0n) is 15.0. The average molecular weight is 386 g/mol. The molecule has 2 N–H and O–H groups in total. The van der Waals surface area contributed by atoms with E-state index in [1.165, 1.54) is 17.4 Å². The van der Waals surface area contributed by atoms with E-state index >= 15 is 0 Å². The first-order valence-corrected chi connectivity index (χ1v) is 9.52. The van der Waals surface area contributed by atoms with Gasteiger partial charge in [-0.2, -0.15) is 0 Å². The number of amides is 1. The fourth-order valence-electron chi connectivity index (χ4n) is 2.87. The zero-order valence-corrected chi connectivity index (χ0v) is 15.8. The first-order valence-electron chi connectivity index (χ1n) is 8.70. The molecule has 1 unspecified atom stereocenters. The average Bonchev–Trinajstić information content (AvgIpc) is 3.02. The SMILES string of the molecule is CNc1cc2nc(NC(C)c3cncc(F)c3)nc(C(=O)N3CCC3)c2s1. The Hall–Kier alpha value is -2.81. The van der Waals surface area contributed by atoms with E-state index in [-0.39, 0.29) is 11.9 Å². The van der Waals surface area contributed by atoms with Crippen LogP contribution in [-0.2, 0) is 0 Å². The summed E-state index contributed by atoms with van der Waals surface area (Å²) in [5.41, 5.74) is 1.78. The highest BCUT2D eigenvalue weighted by Crippen LogP contribution is 2.32. The van der Waals surface area contributed by atoms with E-state index in [9.17, 15) is 9.18 Å². The predicted octanol–water partition coefficient (Wildman–Crippen LogP) is 3.29. The molecule has 0 aliphatic carbocycles. The molecule has 1 aliphatic heterocycles. The van der Waals surface area contributed by atoms with Crippen molar-refractivity contribution in [2.45, 2.75) is 19.4 Å². The number of pyridine rings is 1. The quantitative estimate of drug-likeness (QED) is 0.700. The normalized spacial score (nSPS) is 14.7. The number of anilines is 2. The van der Waals surface area contributed by atoms with Gasteiger partial charge >= 0.3 is 0 Å². The molecule has 0 radical (unpaired) electrons. The van der Waals surface area contributed by atoms with E-state index in [1.54, 1.807) is 11.1 Å². The number of rotatable bonds is 5. The molecular formula is C18H19FN6OS. The van der Waals surface area contributed by atoms with Crippen LogP contribution in [0.1, 0.15) is 35.4 Å². The van der Waals surface area contributed by atoms with Crippen LogP contribution in [0.3, 0.4) is 0 Å². The van der Waals surface area contributed by atoms with Crippen LogP contribution in [0.2, 0.25) is 0 Å². The van der Waals surface area contributed by atoms with Crippen LogP contribution in [0.25, 0.3) is 10.2 Å². The van der Waals surface area contributed by atoms with Crippen molar-refractivity contribution in [1.82, 2.24) is 19.9 Å². The van der Waals surface area contributed by atoms with Gasteiger partial charge in [0.1, 0.15) is 5.82 Å². The summed E-state index contributed by atoms with van der Waals surface area (Å²) in [6.07, 6.45) is 3.77. The molecule has 1 aliphatic rings. The molecule has 27 heavy (non-hydrogen) atoms. The van der Waals surface area contributed by atoms with Crippen molar-refractivity contribution in [2.24, 2.45) is 0 Å². The van der Waals surface area contributed by atoms with Gasteiger partial charge in [-0.25, -0.2) is 14.4 Å². The Labute approximate surface area is 159 Å². The number of carbonyl (C=O) groups is 1. The minimum absolute atomic E-state index is 0.0821. The molecule has 4 rings (SSSR count). The van der Waals surface area contributed by atoms with Crippen LogP contribution in [0.15, 0.2) is 24.5 Å². The molecule has 4 heterocycles. The second kappa shape index (κ2) is 7.07. The molecule has 1 fully saturated rings. The second-order valence-electron chi connectivity index (χ2n) is 6.42. The molecule has 0 saturated carbocycles. The summed E-state index contributed by atoms with van der Waals surface area (Å²) in [7, 11) is 1.83. The van der Waals surface area contributed by atoms with E-state index in [0.717, 1.165) is 35.4 Å². The number of aromatic nitrogens is 3. The van der Waals surface area contributed by atoms with Gasteiger partial charge in [0, 0.05) is 26.3 Å². The molecule has 1 saturated heterocycles. The van der Waals surface area contributed by atoms with Gasteiger partial charge < -0.3 is 15.5 Å². The van der Waals surface area contributed by atoms with Crippen molar-refractivity contribution in [3.63, 3.8) is 0 Å². The number of carbonyl (C=O) groups excluding carboxylic acids is 1. The monoisotopic (exact) mass is 386 g/mol. The number of hydrogen-bond donors (Lipinski definition) is 2. The van der Waals surface area contributed by atoms with Crippen molar-refractivity contribution < 1.29 is 9.18 Å². The number of nitrogens with zero attached hydrogens (tertiary/aromatic N) is 4. The molecule has 3 aromatic rings. The number of hydrogen-bond acceptors (Lipinski definition) is 7. The lowest BCUT2D eigenvalue weighted by atomic mass is 10.1. The third kappa shape index (κ3) is 3.42. The minimum Gasteiger partial charge on any atom is -0.380 e. The van der Waals surface area contributed by atoms with Crippen molar-refractivity contribution in [3.8, 4) is 0 Å². The van der Waals surface area contributed by atoms with Gasteiger partial charge in [0.05, 0.1) is 27.5 Å². The molecule has 0 aromatic carbocycles. The van der Waals surface area contributed by atoms with E-state index in [4.69, 9.17) is 0 Å². The van der Waals surface area contributed by atoms with Gasteiger partial charge in [0.15, 0.2) is 5.69 Å². The van der Waals surface area contributed by atoms with E-state index in [2.05, 4.69) is 25.6 Å². The van der Waals surface area contributed by atoms with Gasteiger partial charge in [-0.05, 0) is 31.0 Å². The number of nitrogens with one attached hydrogen (secondary N) is 2. The second-order valence-corrected chi connectivity index (χ2v) is 7.47. The highest BCUT2D eigenvalue weighted by molar-refractivity contribution is 7.23. The summed E-state index contributed by atoms with van der Waals surface area (Å²) in [5, 5.41) is 7.16. The summed E-state index contributed by atoms with van der Waals surface area (Å²) in [6, 6.07) is 3.05. The third-order valence-electron chi connectivity index (χ3n) is 4.54. The Balaban J connectivity index is 1.70. The molecule has 1 amide bonds. The molecular weight excluding hydrogens is 367 g/mol. The lowest BCUT2D eigenvalue weighted by Crippen LogP contribution is -2.42. The van der Waals surface area contributed by atoms with E-state index < -0.39 is 5.82 Å². The van der Waals surface area contributed by atoms with Crippen LogP contribution in [-0.4, -0.2) is 45.9 Å². The van der Waals surface area contributed by atoms with Gasteiger partial charge in [-0.15, -0.1) is 11.3 Å². The first-order chi connectivity index (χ1) is 13.0. The lowest BCUT2D eigenvalue weighted by Gasteiger charge is -2.30. The Bertz CT molecular complexity index is 1000. The topological polar surface area (TPSA) is 83.0 Å². The zero-order chi connectivity index (χ0) is 19.0. The Kier molecular flexibility index (Phi) is 4.61. The molecule has 7 nitrogen and oxygen atoms in total. The van der Waals surface area contributed by atoms with Gasteiger partial charge in [-0.1, -0.05) is 0 Å². The maximum Gasteiger partial charge on any atom is 0.274 e. The smallest absolute Gasteiger partial charge is 0.274 e. The number of thiophene rings is 1. The van der Waals surface area contributed by atoms with Crippen molar-refractivity contribution in [3.05, 3.63) is 41.6 Å². The summed E-state index contributed by atoms with van der Waals surface area (Å²) in [5.74, 6) is -0.146. The molecule has 9 heteroatoms. The lowest BCUT2D eigenvalue weighted by molar-refractivity contribution is 0.0648. The van der Waals surface area contributed by atoms with Gasteiger partial charge in [0.25, 0.3) is 5.91 Å². The summed E-state index contributed by atoms with van der Waals surface area (Å²) in [4.78, 5) is 27.5. The highest BCUT2D eigenvalue weighted by Gasteiger charge is 2.26. The molecule has 3 aromatic heterocycles. The summed E-state index contributed by atoms with van der Waals surface area (Å²) < 4.78 is 14.2. The molecule has 0 bridgehead atoms. The minimum atomic E-state index is -0.400. The van der Waals surface area contributed by atoms with Gasteiger partial charge in [0.2, 0.25) is 5.95 Å². The Morgan fingerprint density at radius 2 is 2.11 bits per heavy atom. The molecule has 0 spiro atoms. The van der Waals surface area contributed by atoms with Crippen LogP contribution >= 0.6 is 11.3 Å². The van der Waals surface area contributed by atoms with E-state index in [1.807, 2.05) is 20.0 Å². The van der Waals surface area contributed by atoms with Crippen molar-refractivity contribution >= 4 is 38.4 Å². The van der Waals surface area contributed by atoms with Crippen molar-refractivity contribution in [1.29, 1.82) is 0 Å². The van der Waals surface area contributed by atoms with Crippen LogP contribution in [0, 0.1) is 5.82 Å². The fourth-order valence-corrected chi connectivity index (χ4v) is 3.81. The Morgan fingerprint density at radius 1 is 1.30 bits per heavy atom. The number of likely N-dealkylation sites (tertiary alicyclic amines) is 1. The maximum absolute atomic E-state index is 13.4. The largest absolute Gasteiger partial charge is 0.380 e. The highest BCUT2D eigenvalue weighted by atomic mass is 32.1. The standard InChI is InChI=1S/C18H19FN6OS/c1-10(11-6-12(19)9-21-8-11)22-18-23-13-7-14(20-2)27-16(13)15(24-18)17(26)25-4-3-5-25/h6-10,20H,3-5H2,1-2H3,(H,22,23,24). The first kappa shape index (κ1) is 17.6. The summed E-state index contributed by atoms with van der Waals surface area (Å²) in [6.45, 7) is 3.37. The van der Waals surface area contributed by atoms with Crippen LogP contribution < -0.4 is 10.6 Å². The Morgan fingerprint density at radius 3 is 2.78 bits per heavy atom. The third-order valence-corrected chi connectivity index (χ3v) is 5.68. The number of halogens is 1. The number of fused-ring (bicyclic) bond motifs is 1. The maximum atomic E-state index is 13.4. The van der Waals surface area contributed by atoms with Crippen LogP contribution in [0.4, 0.5) is 15.3 Å². The van der Waals surface area contributed by atoms with Crippen LogP contribution in [0.5, 0.6) is 0 Å². The van der Waals surface area contributed by atoms with E-state index in [0.29, 0.717) is 22.7 Å². The summed E-state index contributed by atoms with van der Waals surface area (Å²) >= 11 is 1.46. The molecule has 1 atom stereocenters.